The summed E-state index contributed by atoms with van der Waals surface area (Å²) in [7, 11) is -4.16. The Labute approximate surface area is 243 Å². The van der Waals surface area contributed by atoms with Crippen LogP contribution in [0.1, 0.15) is 49.8 Å². The van der Waals surface area contributed by atoms with Gasteiger partial charge in [-0.25, -0.2) is 8.42 Å². The highest BCUT2D eigenvalue weighted by Gasteiger charge is 2.34. The molecule has 1 atom stereocenters. The Morgan fingerprint density at radius 3 is 2.23 bits per heavy atom. The zero-order valence-electron chi connectivity index (χ0n) is 23.6. The summed E-state index contributed by atoms with van der Waals surface area (Å²) in [5.74, 6) is -0.747. The third kappa shape index (κ3) is 7.64. The fourth-order valence-electron chi connectivity index (χ4n) is 4.42. The molecule has 0 radical (unpaired) electrons. The molecule has 3 aromatic rings. The lowest BCUT2D eigenvalue weighted by Gasteiger charge is -2.33. The zero-order valence-corrected chi connectivity index (χ0v) is 25.1. The quantitative estimate of drug-likeness (QED) is 0.255. The van der Waals surface area contributed by atoms with Gasteiger partial charge in [0.05, 0.1) is 10.6 Å². The summed E-state index contributed by atoms with van der Waals surface area (Å²) in [6.07, 6.45) is 2.12. The number of hydrogen-bond donors (Lipinski definition) is 1. The molecule has 7 nitrogen and oxygen atoms in total. The molecule has 214 valence electrons. The van der Waals surface area contributed by atoms with Crippen LogP contribution in [0.4, 0.5) is 5.69 Å². The molecule has 0 aromatic heterocycles. The Kier molecular flexibility index (Phi) is 11.2. The number of nitrogens with zero attached hydrogens (tertiary/aromatic N) is 2. The fourth-order valence-corrected chi connectivity index (χ4v) is 6.06. The van der Waals surface area contributed by atoms with Crippen molar-refractivity contribution in [2.24, 2.45) is 0 Å². The summed E-state index contributed by atoms with van der Waals surface area (Å²) < 4.78 is 29.1. The summed E-state index contributed by atoms with van der Waals surface area (Å²) in [5, 5.41) is 3.32. The van der Waals surface area contributed by atoms with E-state index in [0.29, 0.717) is 29.2 Å². The summed E-state index contributed by atoms with van der Waals surface area (Å²) in [6, 6.07) is 20.0. The van der Waals surface area contributed by atoms with Crippen molar-refractivity contribution >= 4 is 39.1 Å². The predicted octanol–water partition coefficient (Wildman–Crippen LogP) is 5.88. The van der Waals surface area contributed by atoms with Crippen LogP contribution in [-0.4, -0.2) is 44.3 Å². The molecule has 1 unspecified atom stereocenters. The summed E-state index contributed by atoms with van der Waals surface area (Å²) in [6.45, 7) is 7.64. The zero-order chi connectivity index (χ0) is 29.3. The van der Waals surface area contributed by atoms with E-state index in [4.69, 9.17) is 11.6 Å². The first kappa shape index (κ1) is 31.2. The molecule has 40 heavy (non-hydrogen) atoms. The van der Waals surface area contributed by atoms with Crippen molar-refractivity contribution in [2.45, 2.75) is 64.4 Å². The first-order valence-corrected chi connectivity index (χ1v) is 15.4. The normalized spacial score (nSPS) is 12.0. The number of benzene rings is 3. The molecular weight excluding hydrogens is 546 g/mol. The van der Waals surface area contributed by atoms with Crippen molar-refractivity contribution in [3.63, 3.8) is 0 Å². The molecule has 3 rings (SSSR count). The number of aryl methyl sites for hydroxylation is 1. The molecular formula is C31H38ClN3O4S. The second-order valence-corrected chi connectivity index (χ2v) is 12.1. The van der Waals surface area contributed by atoms with Crippen LogP contribution in [0.5, 0.6) is 0 Å². The van der Waals surface area contributed by atoms with Gasteiger partial charge in [0.25, 0.3) is 10.0 Å². The minimum absolute atomic E-state index is 0.0595. The van der Waals surface area contributed by atoms with E-state index in [9.17, 15) is 18.0 Å². The number of rotatable bonds is 13. The monoisotopic (exact) mass is 583 g/mol. The summed E-state index contributed by atoms with van der Waals surface area (Å²) in [5.41, 5.74) is 2.59. The van der Waals surface area contributed by atoms with E-state index in [1.165, 1.54) is 17.0 Å². The van der Waals surface area contributed by atoms with Gasteiger partial charge in [0.2, 0.25) is 11.8 Å². The standard InChI is InChI=1S/C31H38ClN3O4S/c1-5-7-20-33-31(37)28(6-2)34(21-25-12-9-8-10-13-25)30(36)22-35(29-15-11-14-27(32)24(29)4)40(38,39)26-18-16-23(3)17-19-26/h8-19,28H,5-7,20-22H2,1-4H3,(H,33,37). The van der Waals surface area contributed by atoms with E-state index in [-0.39, 0.29) is 17.3 Å². The number of halogens is 1. The maximum atomic E-state index is 14.1. The molecule has 0 spiro atoms. The van der Waals surface area contributed by atoms with Crippen LogP contribution in [0.25, 0.3) is 0 Å². The van der Waals surface area contributed by atoms with Crippen molar-refractivity contribution < 1.29 is 18.0 Å². The lowest BCUT2D eigenvalue weighted by molar-refractivity contribution is -0.140. The van der Waals surface area contributed by atoms with E-state index in [0.717, 1.165) is 28.3 Å². The first-order chi connectivity index (χ1) is 19.1. The van der Waals surface area contributed by atoms with Crippen molar-refractivity contribution in [3.8, 4) is 0 Å². The van der Waals surface area contributed by atoms with E-state index in [1.807, 2.05) is 51.1 Å². The Bertz CT molecular complexity index is 1400. The Balaban J connectivity index is 2.06. The third-order valence-corrected chi connectivity index (χ3v) is 8.99. The highest BCUT2D eigenvalue weighted by molar-refractivity contribution is 7.92. The molecule has 1 N–H and O–H groups in total. The van der Waals surface area contributed by atoms with Crippen LogP contribution >= 0.6 is 11.6 Å². The number of unbranched alkanes of at least 4 members (excludes halogenated alkanes) is 1. The number of anilines is 1. The number of nitrogens with one attached hydrogen (secondary N) is 1. The van der Waals surface area contributed by atoms with Gasteiger partial charge >= 0.3 is 0 Å². The smallest absolute Gasteiger partial charge is 0.264 e. The minimum Gasteiger partial charge on any atom is -0.354 e. The molecule has 3 aromatic carbocycles. The summed E-state index contributed by atoms with van der Waals surface area (Å²) in [4.78, 5) is 28.9. The van der Waals surface area contributed by atoms with Crippen LogP contribution in [-0.2, 0) is 26.2 Å². The van der Waals surface area contributed by atoms with Gasteiger partial charge in [0.1, 0.15) is 12.6 Å². The van der Waals surface area contributed by atoms with Gasteiger partial charge in [-0.05, 0) is 62.1 Å². The lowest BCUT2D eigenvalue weighted by atomic mass is 10.1. The van der Waals surface area contributed by atoms with Gasteiger partial charge in [-0.15, -0.1) is 0 Å². The van der Waals surface area contributed by atoms with Gasteiger partial charge in [-0.3, -0.25) is 13.9 Å². The lowest BCUT2D eigenvalue weighted by Crippen LogP contribution is -2.52. The molecule has 0 heterocycles. The molecule has 0 bridgehead atoms. The number of sulfonamides is 1. The maximum absolute atomic E-state index is 14.1. The van der Waals surface area contributed by atoms with Gasteiger partial charge in [0.15, 0.2) is 0 Å². The fraction of sp³-hybridized carbons (Fsp3) is 0.355. The number of carbonyl (C=O) groups excluding carboxylic acids is 2. The first-order valence-electron chi connectivity index (χ1n) is 13.6. The third-order valence-electron chi connectivity index (χ3n) is 6.81. The number of carbonyl (C=O) groups is 2. The highest BCUT2D eigenvalue weighted by atomic mass is 35.5. The topological polar surface area (TPSA) is 86.8 Å². The van der Waals surface area contributed by atoms with Gasteiger partial charge in [-0.1, -0.05) is 86.0 Å². The molecule has 2 amide bonds. The summed E-state index contributed by atoms with van der Waals surface area (Å²) >= 11 is 6.39. The minimum atomic E-state index is -4.16. The molecule has 0 saturated carbocycles. The molecule has 0 saturated heterocycles. The number of hydrogen-bond acceptors (Lipinski definition) is 4. The number of amides is 2. The maximum Gasteiger partial charge on any atom is 0.264 e. The SMILES string of the molecule is CCCCNC(=O)C(CC)N(Cc1ccccc1)C(=O)CN(c1cccc(Cl)c1C)S(=O)(=O)c1ccc(C)cc1. The van der Waals surface area contributed by atoms with E-state index >= 15 is 0 Å². The molecule has 0 aliphatic carbocycles. The molecule has 0 aliphatic heterocycles. The van der Waals surface area contributed by atoms with Crippen molar-refractivity contribution in [1.82, 2.24) is 10.2 Å². The Morgan fingerprint density at radius 1 is 0.925 bits per heavy atom. The Hall–Kier alpha value is -3.36. The highest BCUT2D eigenvalue weighted by Crippen LogP contribution is 2.31. The molecule has 9 heteroatoms. The van der Waals surface area contributed by atoms with Gasteiger partial charge in [-0.2, -0.15) is 0 Å². The van der Waals surface area contributed by atoms with E-state index in [2.05, 4.69) is 5.32 Å². The van der Waals surface area contributed by atoms with Crippen LogP contribution in [0.15, 0.2) is 77.7 Å². The largest absolute Gasteiger partial charge is 0.354 e. The van der Waals surface area contributed by atoms with E-state index < -0.39 is 28.5 Å². The molecule has 0 fully saturated rings. The van der Waals surface area contributed by atoms with Gasteiger partial charge in [0, 0.05) is 18.1 Å². The van der Waals surface area contributed by atoms with Crippen LogP contribution < -0.4 is 9.62 Å². The van der Waals surface area contributed by atoms with Crippen LogP contribution in [0.2, 0.25) is 5.02 Å². The second kappa shape index (κ2) is 14.3. The average molecular weight is 584 g/mol. The van der Waals surface area contributed by atoms with Crippen molar-refractivity contribution in [3.05, 3.63) is 94.5 Å². The van der Waals surface area contributed by atoms with Crippen LogP contribution in [0.3, 0.4) is 0 Å². The molecule has 0 aliphatic rings. The average Bonchev–Trinajstić information content (AvgIpc) is 2.94. The van der Waals surface area contributed by atoms with Crippen molar-refractivity contribution in [2.75, 3.05) is 17.4 Å². The Morgan fingerprint density at radius 2 is 1.60 bits per heavy atom. The van der Waals surface area contributed by atoms with Crippen molar-refractivity contribution in [1.29, 1.82) is 0 Å². The second-order valence-electron chi connectivity index (χ2n) is 9.78. The van der Waals surface area contributed by atoms with E-state index in [1.54, 1.807) is 37.3 Å². The predicted molar refractivity (Wildman–Crippen MR) is 161 cm³/mol. The van der Waals surface area contributed by atoms with Gasteiger partial charge < -0.3 is 10.2 Å². The van der Waals surface area contributed by atoms with Crippen LogP contribution in [0, 0.1) is 13.8 Å².